The number of nitrogens with zero attached hydrogens (tertiary/aromatic N) is 1. The average Bonchev–Trinajstić information content (AvgIpc) is 2.14. The number of carbonyl (C=O) groups is 1. The third-order valence-electron chi connectivity index (χ3n) is 3.30. The van der Waals surface area contributed by atoms with E-state index >= 15 is 0 Å². The second kappa shape index (κ2) is 5.06. The van der Waals surface area contributed by atoms with Gasteiger partial charge < -0.3 is 0 Å². The zero-order chi connectivity index (χ0) is 13.3. The summed E-state index contributed by atoms with van der Waals surface area (Å²) in [5.41, 5.74) is 0.130. The van der Waals surface area contributed by atoms with E-state index in [1.54, 1.807) is 0 Å². The Morgan fingerprint density at radius 3 is 2.06 bits per heavy atom. The highest BCUT2D eigenvalue weighted by atomic mass is 32.2. The number of hydrogen-bond donors (Lipinski definition) is 0. The summed E-state index contributed by atoms with van der Waals surface area (Å²) >= 11 is 0. The first kappa shape index (κ1) is 14.6. The zero-order valence-corrected chi connectivity index (χ0v) is 12.0. The van der Waals surface area contributed by atoms with E-state index in [-0.39, 0.29) is 23.0 Å². The van der Waals surface area contributed by atoms with Gasteiger partial charge in [-0.25, -0.2) is 8.42 Å². The van der Waals surface area contributed by atoms with Gasteiger partial charge in [0.2, 0.25) is 0 Å². The summed E-state index contributed by atoms with van der Waals surface area (Å²) < 4.78 is 22.2. The standard InChI is InChI=1S/C12H23NO3S/c1-12(2,3)13-7-5-10(6-8-13)11(14)9-17(4,15)16/h10H,5-9H2,1-4H3. The number of rotatable bonds is 3. The van der Waals surface area contributed by atoms with E-state index in [4.69, 9.17) is 0 Å². The van der Waals surface area contributed by atoms with Gasteiger partial charge in [-0.05, 0) is 46.7 Å². The molecule has 0 aromatic heterocycles. The number of hydrogen-bond acceptors (Lipinski definition) is 4. The minimum absolute atomic E-state index is 0.0664. The van der Waals surface area contributed by atoms with Crippen LogP contribution in [-0.4, -0.2) is 49.7 Å². The molecule has 1 rings (SSSR count). The Hall–Kier alpha value is -0.420. The van der Waals surface area contributed by atoms with Crippen molar-refractivity contribution in [1.82, 2.24) is 4.90 Å². The SMILES string of the molecule is CC(C)(C)N1CCC(C(=O)CS(C)(=O)=O)CC1. The van der Waals surface area contributed by atoms with Crippen molar-refractivity contribution in [3.63, 3.8) is 0 Å². The van der Waals surface area contributed by atoms with Gasteiger partial charge in [-0.15, -0.1) is 0 Å². The molecular formula is C12H23NO3S. The molecule has 1 fully saturated rings. The monoisotopic (exact) mass is 261 g/mol. The predicted octanol–water partition coefficient (Wildman–Crippen LogP) is 1.11. The fourth-order valence-corrected chi connectivity index (χ4v) is 3.00. The Balaban J connectivity index is 2.50. The quantitative estimate of drug-likeness (QED) is 0.763. The maximum atomic E-state index is 11.8. The molecule has 1 saturated heterocycles. The van der Waals surface area contributed by atoms with Crippen molar-refractivity contribution in [3.05, 3.63) is 0 Å². The molecule has 5 heteroatoms. The molecule has 0 amide bonds. The van der Waals surface area contributed by atoms with Crippen molar-refractivity contribution < 1.29 is 13.2 Å². The molecule has 1 heterocycles. The highest BCUT2D eigenvalue weighted by Gasteiger charge is 2.30. The van der Waals surface area contributed by atoms with E-state index in [2.05, 4.69) is 25.7 Å². The molecule has 0 bridgehead atoms. The summed E-state index contributed by atoms with van der Waals surface area (Å²) in [6.07, 6.45) is 2.69. The van der Waals surface area contributed by atoms with Gasteiger partial charge in [0.25, 0.3) is 0 Å². The van der Waals surface area contributed by atoms with E-state index in [9.17, 15) is 13.2 Å². The first-order valence-corrected chi connectivity index (χ1v) is 8.11. The number of ketones is 1. The largest absolute Gasteiger partial charge is 0.298 e. The van der Waals surface area contributed by atoms with Crippen LogP contribution in [-0.2, 0) is 14.6 Å². The van der Waals surface area contributed by atoms with Crippen molar-refractivity contribution >= 4 is 15.6 Å². The molecule has 0 spiro atoms. The Bertz CT molecular complexity index is 373. The molecule has 0 aromatic carbocycles. The lowest BCUT2D eigenvalue weighted by molar-refractivity contribution is -0.122. The van der Waals surface area contributed by atoms with E-state index in [1.165, 1.54) is 0 Å². The predicted molar refractivity (Wildman–Crippen MR) is 68.8 cm³/mol. The van der Waals surface area contributed by atoms with Crippen molar-refractivity contribution in [2.24, 2.45) is 5.92 Å². The van der Waals surface area contributed by atoms with E-state index in [0.717, 1.165) is 32.2 Å². The lowest BCUT2D eigenvalue weighted by Gasteiger charge is -2.40. The molecule has 0 atom stereocenters. The van der Waals surface area contributed by atoms with Crippen LogP contribution in [0.1, 0.15) is 33.6 Å². The second-order valence-electron chi connectivity index (χ2n) is 5.97. The van der Waals surface area contributed by atoms with Gasteiger partial charge in [0.1, 0.15) is 5.75 Å². The molecular weight excluding hydrogens is 238 g/mol. The van der Waals surface area contributed by atoms with Crippen molar-refractivity contribution in [3.8, 4) is 0 Å². The van der Waals surface area contributed by atoms with Crippen LogP contribution in [0.2, 0.25) is 0 Å². The number of likely N-dealkylation sites (tertiary alicyclic amines) is 1. The molecule has 17 heavy (non-hydrogen) atoms. The number of piperidine rings is 1. The molecule has 100 valence electrons. The van der Waals surface area contributed by atoms with Crippen LogP contribution in [0.3, 0.4) is 0 Å². The van der Waals surface area contributed by atoms with Gasteiger partial charge in [0.15, 0.2) is 15.6 Å². The van der Waals surface area contributed by atoms with Gasteiger partial charge in [-0.2, -0.15) is 0 Å². The first-order valence-electron chi connectivity index (χ1n) is 6.05. The topological polar surface area (TPSA) is 54.5 Å². The van der Waals surface area contributed by atoms with Crippen LogP contribution < -0.4 is 0 Å². The van der Waals surface area contributed by atoms with Crippen LogP contribution in [0.5, 0.6) is 0 Å². The summed E-state index contributed by atoms with van der Waals surface area (Å²) in [7, 11) is -3.18. The van der Waals surface area contributed by atoms with Crippen molar-refractivity contribution in [1.29, 1.82) is 0 Å². The molecule has 1 aliphatic heterocycles. The van der Waals surface area contributed by atoms with Crippen LogP contribution >= 0.6 is 0 Å². The lowest BCUT2D eigenvalue weighted by atomic mass is 9.90. The van der Waals surface area contributed by atoms with Crippen molar-refractivity contribution in [2.75, 3.05) is 25.1 Å². The molecule has 0 aliphatic carbocycles. The Morgan fingerprint density at radius 1 is 1.24 bits per heavy atom. The third kappa shape index (κ3) is 4.76. The Labute approximate surface area is 104 Å². The second-order valence-corrected chi connectivity index (χ2v) is 8.11. The van der Waals surface area contributed by atoms with Crippen LogP contribution in [0.15, 0.2) is 0 Å². The number of carbonyl (C=O) groups excluding carboxylic acids is 1. The van der Waals surface area contributed by atoms with Crippen LogP contribution in [0.4, 0.5) is 0 Å². The summed E-state index contributed by atoms with van der Waals surface area (Å²) in [6, 6.07) is 0. The molecule has 4 nitrogen and oxygen atoms in total. The van der Waals surface area contributed by atoms with Gasteiger partial charge >= 0.3 is 0 Å². The minimum Gasteiger partial charge on any atom is -0.298 e. The van der Waals surface area contributed by atoms with E-state index in [0.29, 0.717) is 0 Å². The van der Waals surface area contributed by atoms with E-state index < -0.39 is 9.84 Å². The van der Waals surface area contributed by atoms with Crippen LogP contribution in [0, 0.1) is 5.92 Å². The summed E-state index contributed by atoms with van der Waals surface area (Å²) in [5, 5.41) is 0. The van der Waals surface area contributed by atoms with Gasteiger partial charge in [0.05, 0.1) is 0 Å². The van der Waals surface area contributed by atoms with Crippen LogP contribution in [0.25, 0.3) is 0 Å². The summed E-state index contributed by atoms with van der Waals surface area (Å²) in [5.74, 6) is -0.475. The average molecular weight is 261 g/mol. The maximum Gasteiger partial charge on any atom is 0.154 e. The van der Waals surface area contributed by atoms with E-state index in [1.807, 2.05) is 0 Å². The summed E-state index contributed by atoms with van der Waals surface area (Å²) in [4.78, 5) is 14.1. The molecule has 1 aliphatic rings. The molecule has 0 aromatic rings. The zero-order valence-electron chi connectivity index (χ0n) is 11.2. The number of sulfone groups is 1. The normalized spacial score (nSPS) is 20.5. The van der Waals surface area contributed by atoms with Crippen molar-refractivity contribution in [2.45, 2.75) is 39.2 Å². The fourth-order valence-electron chi connectivity index (χ4n) is 2.25. The van der Waals surface area contributed by atoms with Gasteiger partial charge in [-0.3, -0.25) is 9.69 Å². The highest BCUT2D eigenvalue weighted by Crippen LogP contribution is 2.24. The first-order chi connectivity index (χ1) is 7.59. The molecule has 0 N–H and O–H groups in total. The maximum absolute atomic E-state index is 11.8. The molecule has 0 saturated carbocycles. The Kier molecular flexibility index (Phi) is 4.36. The van der Waals surface area contributed by atoms with Gasteiger partial charge in [0, 0.05) is 17.7 Å². The smallest absolute Gasteiger partial charge is 0.154 e. The highest BCUT2D eigenvalue weighted by molar-refractivity contribution is 7.91. The molecule has 0 radical (unpaired) electrons. The minimum atomic E-state index is -3.18. The van der Waals surface area contributed by atoms with Gasteiger partial charge in [-0.1, -0.05) is 0 Å². The Morgan fingerprint density at radius 2 is 1.71 bits per heavy atom. The lowest BCUT2D eigenvalue weighted by Crippen LogP contribution is -2.47. The number of Topliss-reactive ketones (excluding diaryl/α,β-unsaturated/α-hetero) is 1. The third-order valence-corrected chi connectivity index (χ3v) is 4.11. The molecule has 0 unspecified atom stereocenters. The fraction of sp³-hybridized carbons (Fsp3) is 0.917. The summed E-state index contributed by atoms with van der Waals surface area (Å²) in [6.45, 7) is 8.23.